The molecule has 53 heavy (non-hydrogen) atoms. The molecule has 1 unspecified atom stereocenters. The molecule has 5 heterocycles. The van der Waals surface area contributed by atoms with Gasteiger partial charge in [-0.1, -0.05) is 97.1 Å². The van der Waals surface area contributed by atoms with E-state index in [4.69, 9.17) is 14.4 Å². The van der Waals surface area contributed by atoms with E-state index in [1.54, 1.807) is 6.33 Å². The predicted octanol–water partition coefficient (Wildman–Crippen LogP) is 13.4. The third kappa shape index (κ3) is 3.64. The Morgan fingerprint density at radius 1 is 0.547 bits per heavy atom. The Bertz CT molecular complexity index is 3550. The molecule has 0 aliphatic heterocycles. The minimum absolute atomic E-state index is 0.0672. The number of hydrogen-bond donors (Lipinski definition) is 0. The third-order valence-electron chi connectivity index (χ3n) is 11.4. The van der Waals surface area contributed by atoms with Crippen LogP contribution >= 0.6 is 22.7 Å². The van der Waals surface area contributed by atoms with Crippen LogP contribution in [0, 0.1) is 0 Å². The van der Waals surface area contributed by atoms with E-state index in [0.29, 0.717) is 0 Å². The highest BCUT2D eigenvalue weighted by Gasteiger charge is 2.35. The molecule has 6 heteroatoms. The van der Waals surface area contributed by atoms with E-state index >= 15 is 0 Å². The Morgan fingerprint density at radius 3 is 2.13 bits per heavy atom. The fraction of sp³-hybridized carbons (Fsp3) is 0.0213. The summed E-state index contributed by atoms with van der Waals surface area (Å²) in [5.74, 6) is -0.0672. The minimum atomic E-state index is -0.0672. The molecule has 0 amide bonds. The van der Waals surface area contributed by atoms with Gasteiger partial charge in [0.15, 0.2) is 5.58 Å². The molecule has 0 radical (unpaired) electrons. The van der Waals surface area contributed by atoms with Gasteiger partial charge in [-0.05, 0) is 59.2 Å². The first-order chi connectivity index (χ1) is 26.3. The molecule has 7 aromatic carbocycles. The molecule has 12 aromatic rings. The zero-order valence-electron chi connectivity index (χ0n) is 28.0. The number of furan rings is 1. The first-order valence-electron chi connectivity index (χ1n) is 17.8. The number of aromatic nitrogens is 3. The lowest BCUT2D eigenvalue weighted by Crippen LogP contribution is -2.03. The van der Waals surface area contributed by atoms with Crippen LogP contribution in [0.2, 0.25) is 0 Å². The summed E-state index contributed by atoms with van der Waals surface area (Å²) < 4.78 is 14.5. The van der Waals surface area contributed by atoms with Gasteiger partial charge in [0.1, 0.15) is 17.4 Å². The molecule has 0 saturated heterocycles. The normalized spacial score (nSPS) is 14.2. The van der Waals surface area contributed by atoms with Gasteiger partial charge in [0.25, 0.3) is 0 Å². The Labute approximate surface area is 309 Å². The van der Waals surface area contributed by atoms with Crippen molar-refractivity contribution in [1.29, 1.82) is 0 Å². The summed E-state index contributed by atoms with van der Waals surface area (Å²) in [5, 5.41) is 8.78. The van der Waals surface area contributed by atoms with Crippen molar-refractivity contribution in [1.82, 2.24) is 14.5 Å². The van der Waals surface area contributed by atoms with Crippen LogP contribution in [0.1, 0.15) is 22.7 Å². The van der Waals surface area contributed by atoms with E-state index in [-0.39, 0.29) is 5.92 Å². The van der Waals surface area contributed by atoms with Crippen LogP contribution in [-0.4, -0.2) is 14.5 Å². The lowest BCUT2D eigenvalue weighted by Gasteiger charge is -2.13. The molecule has 1 aliphatic carbocycles. The highest BCUT2D eigenvalue weighted by molar-refractivity contribution is 7.27. The minimum Gasteiger partial charge on any atom is -0.452 e. The second-order valence-electron chi connectivity index (χ2n) is 14.0. The summed E-state index contributed by atoms with van der Waals surface area (Å²) in [6.45, 7) is 0. The van der Waals surface area contributed by atoms with Crippen molar-refractivity contribution in [2.45, 2.75) is 5.92 Å². The van der Waals surface area contributed by atoms with Gasteiger partial charge in [-0.15, -0.1) is 22.7 Å². The van der Waals surface area contributed by atoms with Gasteiger partial charge in [-0.2, -0.15) is 0 Å². The lowest BCUT2D eigenvalue weighted by molar-refractivity contribution is 0.655. The van der Waals surface area contributed by atoms with Crippen molar-refractivity contribution < 1.29 is 4.42 Å². The lowest BCUT2D eigenvalue weighted by atomic mass is 9.92. The average molecular weight is 712 g/mol. The second-order valence-corrected chi connectivity index (χ2v) is 16.1. The highest BCUT2D eigenvalue weighted by Crippen LogP contribution is 2.54. The van der Waals surface area contributed by atoms with Crippen molar-refractivity contribution in [3.05, 3.63) is 163 Å². The Hall–Kier alpha value is -6.34. The van der Waals surface area contributed by atoms with Crippen LogP contribution in [0.15, 0.2) is 150 Å². The van der Waals surface area contributed by atoms with Gasteiger partial charge in [0.2, 0.25) is 0 Å². The molecule has 246 valence electrons. The Kier molecular flexibility index (Phi) is 5.42. The number of hydrogen-bond acceptors (Lipinski definition) is 5. The molecule has 0 saturated carbocycles. The maximum Gasteiger partial charge on any atom is 0.176 e. The van der Waals surface area contributed by atoms with Crippen LogP contribution < -0.4 is 0 Å². The summed E-state index contributed by atoms with van der Waals surface area (Å²) >= 11 is 3.76. The van der Waals surface area contributed by atoms with Crippen molar-refractivity contribution in [3.63, 3.8) is 0 Å². The van der Waals surface area contributed by atoms with Gasteiger partial charge >= 0.3 is 0 Å². The van der Waals surface area contributed by atoms with Gasteiger partial charge in [0, 0.05) is 67.8 Å². The Balaban J connectivity index is 1.04. The second kappa shape index (κ2) is 10.2. The first kappa shape index (κ1) is 28.3. The molecular formula is C47H25N3OS2. The van der Waals surface area contributed by atoms with Gasteiger partial charge in [-0.3, -0.25) is 0 Å². The zero-order valence-corrected chi connectivity index (χ0v) is 29.6. The van der Waals surface area contributed by atoms with E-state index in [9.17, 15) is 0 Å². The molecule has 0 bridgehead atoms. The molecule has 1 atom stereocenters. The standard InChI is InChI=1S/C47H25N3OS2/c1-2-12-29-28(11-1)40(33-19-18-30-26-9-4-7-15-38(26)52-46(30)41(29)33)44-45-43(48-24-49-44)34-23-25(17-22-37(34)51-45)50-35-14-6-3-13-32(35)42-36(50)21-20-31-27-10-5-8-16-39(27)53-47(31)42/h1-24,40H. The van der Waals surface area contributed by atoms with Crippen LogP contribution in [0.5, 0.6) is 0 Å². The van der Waals surface area contributed by atoms with E-state index in [1.165, 1.54) is 84.4 Å². The maximum absolute atomic E-state index is 6.77. The van der Waals surface area contributed by atoms with Crippen LogP contribution in [0.4, 0.5) is 0 Å². The molecule has 5 aromatic heterocycles. The fourth-order valence-electron chi connectivity index (χ4n) is 9.20. The summed E-state index contributed by atoms with van der Waals surface area (Å²) in [6, 6.07) is 50.8. The summed E-state index contributed by atoms with van der Waals surface area (Å²) in [7, 11) is 0. The van der Waals surface area contributed by atoms with Crippen LogP contribution in [0.3, 0.4) is 0 Å². The molecule has 0 N–H and O–H groups in total. The molecule has 4 nitrogen and oxygen atoms in total. The van der Waals surface area contributed by atoms with E-state index in [1.807, 2.05) is 22.7 Å². The van der Waals surface area contributed by atoms with Crippen LogP contribution in [0.25, 0.3) is 101 Å². The van der Waals surface area contributed by atoms with Gasteiger partial charge in [0.05, 0.1) is 22.6 Å². The SMILES string of the molecule is c1ccc2c(c1)-c1c(ccc3c1sc1ccccc13)C2c1ncnc2c1oc1ccc(-n3c4ccccc4c4c5sc6ccccc6c5ccc43)cc12. The molecule has 13 rings (SSSR count). The highest BCUT2D eigenvalue weighted by atomic mass is 32.1. The van der Waals surface area contributed by atoms with Gasteiger partial charge < -0.3 is 8.98 Å². The van der Waals surface area contributed by atoms with E-state index in [2.05, 4.69) is 144 Å². The summed E-state index contributed by atoms with van der Waals surface area (Å²) in [6.07, 6.45) is 1.72. The fourth-order valence-corrected chi connectivity index (χ4v) is 11.7. The van der Waals surface area contributed by atoms with Crippen molar-refractivity contribution >= 4 is 107 Å². The third-order valence-corrected chi connectivity index (χ3v) is 13.8. The predicted molar refractivity (Wildman–Crippen MR) is 222 cm³/mol. The Morgan fingerprint density at radius 2 is 1.26 bits per heavy atom. The smallest absolute Gasteiger partial charge is 0.176 e. The number of nitrogens with zero attached hydrogens (tertiary/aromatic N) is 3. The van der Waals surface area contributed by atoms with E-state index in [0.717, 1.165) is 33.5 Å². The molecule has 0 spiro atoms. The zero-order chi connectivity index (χ0) is 34.4. The van der Waals surface area contributed by atoms with Crippen LogP contribution in [-0.2, 0) is 0 Å². The average Bonchev–Trinajstić information content (AvgIpc) is 4.01. The monoisotopic (exact) mass is 711 g/mol. The van der Waals surface area contributed by atoms with Crippen molar-refractivity contribution in [2.24, 2.45) is 0 Å². The first-order valence-corrected chi connectivity index (χ1v) is 19.5. The maximum atomic E-state index is 6.77. The molecule has 0 fully saturated rings. The quantitative estimate of drug-likeness (QED) is 0.179. The number of rotatable bonds is 2. The van der Waals surface area contributed by atoms with E-state index < -0.39 is 0 Å². The number of fused-ring (bicyclic) bond motifs is 17. The summed E-state index contributed by atoms with van der Waals surface area (Å²) in [4.78, 5) is 9.89. The number of para-hydroxylation sites is 1. The number of thiophene rings is 2. The molecular weight excluding hydrogens is 687 g/mol. The van der Waals surface area contributed by atoms with Crippen molar-refractivity contribution in [2.75, 3.05) is 0 Å². The van der Waals surface area contributed by atoms with Crippen molar-refractivity contribution in [3.8, 4) is 16.8 Å². The summed E-state index contributed by atoms with van der Waals surface area (Å²) in [5.41, 5.74) is 11.9. The van der Waals surface area contributed by atoms with Gasteiger partial charge in [-0.25, -0.2) is 9.97 Å². The molecule has 1 aliphatic rings. The largest absolute Gasteiger partial charge is 0.452 e. The topological polar surface area (TPSA) is 43.9 Å². The number of benzene rings is 7.